The molecule has 0 bridgehead atoms. The summed E-state index contributed by atoms with van der Waals surface area (Å²) < 4.78 is 0. The van der Waals surface area contributed by atoms with E-state index in [1.807, 2.05) is 43.3 Å². The smallest absolute Gasteiger partial charge is 0.109 e. The van der Waals surface area contributed by atoms with Gasteiger partial charge in [-0.1, -0.05) is 18.2 Å². The highest BCUT2D eigenvalue weighted by atomic mass is 32.1. The molecular formula is C13H13N3S. The first-order chi connectivity index (χ1) is 8.16. The molecule has 0 aliphatic rings. The van der Waals surface area contributed by atoms with E-state index in [4.69, 9.17) is 5.73 Å². The molecule has 2 N–H and O–H groups in total. The molecule has 0 aliphatic heterocycles. The van der Waals surface area contributed by atoms with Crippen LogP contribution in [0.1, 0.15) is 5.56 Å². The molecule has 0 radical (unpaired) electrons. The van der Waals surface area contributed by atoms with Crippen molar-refractivity contribution in [2.45, 2.75) is 11.8 Å². The van der Waals surface area contributed by atoms with Gasteiger partial charge in [0.15, 0.2) is 0 Å². The second-order valence-corrected chi connectivity index (χ2v) is 4.23. The first-order valence-corrected chi connectivity index (χ1v) is 5.67. The Kier molecular flexibility index (Phi) is 3.44. The third-order valence-corrected chi connectivity index (χ3v) is 2.71. The molecule has 0 saturated carbocycles. The lowest BCUT2D eigenvalue weighted by Gasteiger charge is -2.00. The molecule has 3 nitrogen and oxygen atoms in total. The highest BCUT2D eigenvalue weighted by Gasteiger charge is 1.99. The van der Waals surface area contributed by atoms with Crippen molar-refractivity contribution >= 4 is 29.7 Å². The van der Waals surface area contributed by atoms with Gasteiger partial charge in [-0.05, 0) is 36.8 Å². The first-order valence-electron chi connectivity index (χ1n) is 5.22. The van der Waals surface area contributed by atoms with Crippen LogP contribution >= 0.6 is 12.6 Å². The molecule has 0 heterocycles. The maximum Gasteiger partial charge on any atom is 0.109 e. The van der Waals surface area contributed by atoms with Crippen molar-refractivity contribution in [3.63, 3.8) is 0 Å². The molecular weight excluding hydrogens is 230 g/mol. The Morgan fingerprint density at radius 2 is 1.71 bits per heavy atom. The number of aryl methyl sites for hydroxylation is 1. The summed E-state index contributed by atoms with van der Waals surface area (Å²) in [5.74, 6) is 0. The van der Waals surface area contributed by atoms with E-state index in [0.29, 0.717) is 11.4 Å². The number of azo groups is 1. The minimum atomic E-state index is 0.615. The van der Waals surface area contributed by atoms with Crippen molar-refractivity contribution in [1.29, 1.82) is 0 Å². The normalized spacial score (nSPS) is 10.9. The van der Waals surface area contributed by atoms with Crippen molar-refractivity contribution in [2.75, 3.05) is 5.73 Å². The maximum atomic E-state index is 5.78. The average molecular weight is 243 g/mol. The second kappa shape index (κ2) is 5.01. The van der Waals surface area contributed by atoms with Gasteiger partial charge in [0.25, 0.3) is 0 Å². The molecule has 0 aliphatic carbocycles. The van der Waals surface area contributed by atoms with Crippen LogP contribution in [0.15, 0.2) is 57.6 Å². The molecule has 2 rings (SSSR count). The van der Waals surface area contributed by atoms with Gasteiger partial charge in [-0.2, -0.15) is 0 Å². The van der Waals surface area contributed by atoms with E-state index < -0.39 is 0 Å². The quantitative estimate of drug-likeness (QED) is 0.461. The zero-order valence-electron chi connectivity index (χ0n) is 9.46. The van der Waals surface area contributed by atoms with Gasteiger partial charge in [0.05, 0.1) is 11.4 Å². The van der Waals surface area contributed by atoms with E-state index in [1.54, 1.807) is 6.07 Å². The third-order valence-electron chi connectivity index (χ3n) is 2.33. The molecule has 4 heteroatoms. The molecule has 0 atom stereocenters. The van der Waals surface area contributed by atoms with Crippen molar-refractivity contribution in [3.05, 3.63) is 48.0 Å². The van der Waals surface area contributed by atoms with Gasteiger partial charge in [-0.25, -0.2) is 0 Å². The van der Waals surface area contributed by atoms with Crippen LogP contribution in [0, 0.1) is 6.92 Å². The molecule has 17 heavy (non-hydrogen) atoms. The van der Waals surface area contributed by atoms with Crippen LogP contribution < -0.4 is 5.73 Å². The summed E-state index contributed by atoms with van der Waals surface area (Å²) in [5.41, 5.74) is 8.93. The summed E-state index contributed by atoms with van der Waals surface area (Å²) in [6.07, 6.45) is 0. The highest BCUT2D eigenvalue weighted by Crippen LogP contribution is 2.28. The van der Waals surface area contributed by atoms with Crippen molar-refractivity contribution in [3.8, 4) is 0 Å². The predicted octanol–water partition coefficient (Wildman–Crippen LogP) is 4.28. The fourth-order valence-electron chi connectivity index (χ4n) is 1.40. The van der Waals surface area contributed by atoms with Crippen molar-refractivity contribution in [2.24, 2.45) is 10.2 Å². The topological polar surface area (TPSA) is 50.7 Å². The molecule has 0 unspecified atom stereocenters. The summed E-state index contributed by atoms with van der Waals surface area (Å²) >= 11 is 4.33. The van der Waals surface area contributed by atoms with E-state index in [0.717, 1.165) is 16.1 Å². The van der Waals surface area contributed by atoms with Gasteiger partial charge in [0.2, 0.25) is 0 Å². The highest BCUT2D eigenvalue weighted by molar-refractivity contribution is 7.80. The van der Waals surface area contributed by atoms with Crippen LogP contribution in [0.3, 0.4) is 0 Å². The van der Waals surface area contributed by atoms with Gasteiger partial charge < -0.3 is 5.73 Å². The lowest BCUT2D eigenvalue weighted by atomic mass is 10.2. The molecule has 0 amide bonds. The van der Waals surface area contributed by atoms with Crippen LogP contribution in [0.4, 0.5) is 17.1 Å². The lowest BCUT2D eigenvalue weighted by molar-refractivity contribution is 1.19. The van der Waals surface area contributed by atoms with Gasteiger partial charge in [0.1, 0.15) is 5.69 Å². The number of benzene rings is 2. The van der Waals surface area contributed by atoms with Crippen LogP contribution in [-0.2, 0) is 0 Å². The number of hydrogen-bond acceptors (Lipinski definition) is 4. The third kappa shape index (κ3) is 2.85. The van der Waals surface area contributed by atoms with Crippen LogP contribution in [0.2, 0.25) is 0 Å². The summed E-state index contributed by atoms with van der Waals surface area (Å²) in [6.45, 7) is 2.00. The zero-order chi connectivity index (χ0) is 12.3. The largest absolute Gasteiger partial charge is 0.397 e. The monoisotopic (exact) mass is 243 g/mol. The first kappa shape index (κ1) is 11.7. The van der Waals surface area contributed by atoms with Crippen molar-refractivity contribution < 1.29 is 0 Å². The molecule has 86 valence electrons. The van der Waals surface area contributed by atoms with Crippen molar-refractivity contribution in [1.82, 2.24) is 0 Å². The Hall–Kier alpha value is -1.81. The molecule has 2 aromatic rings. The SMILES string of the molecule is Cc1ccc(S)c(N=Nc2ccccc2N)c1. The number of rotatable bonds is 2. The molecule has 0 saturated heterocycles. The van der Waals surface area contributed by atoms with E-state index in [-0.39, 0.29) is 0 Å². The maximum absolute atomic E-state index is 5.78. The minimum absolute atomic E-state index is 0.615. The number of para-hydroxylation sites is 1. The summed E-state index contributed by atoms with van der Waals surface area (Å²) in [4.78, 5) is 0.800. The number of nitrogen functional groups attached to an aromatic ring is 1. The minimum Gasteiger partial charge on any atom is -0.397 e. The van der Waals surface area contributed by atoms with Crippen LogP contribution in [-0.4, -0.2) is 0 Å². The average Bonchev–Trinajstić information content (AvgIpc) is 2.32. The number of hydrogen-bond donors (Lipinski definition) is 2. The van der Waals surface area contributed by atoms with Crippen LogP contribution in [0.5, 0.6) is 0 Å². The molecule has 2 aromatic carbocycles. The van der Waals surface area contributed by atoms with E-state index in [2.05, 4.69) is 22.9 Å². The lowest BCUT2D eigenvalue weighted by Crippen LogP contribution is -1.82. The Bertz CT molecular complexity index is 564. The van der Waals surface area contributed by atoms with Gasteiger partial charge >= 0.3 is 0 Å². The van der Waals surface area contributed by atoms with Gasteiger partial charge in [0, 0.05) is 4.90 Å². The molecule has 0 fully saturated rings. The molecule has 0 spiro atoms. The standard InChI is InChI=1S/C13H13N3S/c1-9-6-7-13(17)12(8-9)16-15-11-5-3-2-4-10(11)14/h2-8,17H,14H2,1H3. The Balaban J connectivity index is 2.32. The second-order valence-electron chi connectivity index (χ2n) is 3.75. The number of anilines is 1. The number of nitrogens with two attached hydrogens (primary N) is 1. The molecule has 0 aromatic heterocycles. The van der Waals surface area contributed by atoms with Gasteiger partial charge in [-0.15, -0.1) is 22.9 Å². The number of thiol groups is 1. The fraction of sp³-hybridized carbons (Fsp3) is 0.0769. The van der Waals surface area contributed by atoms with E-state index in [9.17, 15) is 0 Å². The Labute approximate surface area is 106 Å². The van der Waals surface area contributed by atoms with Crippen LogP contribution in [0.25, 0.3) is 0 Å². The fourth-order valence-corrected chi connectivity index (χ4v) is 1.58. The summed E-state index contributed by atoms with van der Waals surface area (Å²) in [5, 5.41) is 8.30. The summed E-state index contributed by atoms with van der Waals surface area (Å²) in [7, 11) is 0. The van der Waals surface area contributed by atoms with E-state index in [1.165, 1.54) is 0 Å². The van der Waals surface area contributed by atoms with Gasteiger partial charge in [-0.3, -0.25) is 0 Å². The number of nitrogens with zero attached hydrogens (tertiary/aromatic N) is 2. The predicted molar refractivity (Wildman–Crippen MR) is 73.5 cm³/mol. The Morgan fingerprint density at radius 1 is 1.00 bits per heavy atom. The Morgan fingerprint density at radius 3 is 2.47 bits per heavy atom. The summed E-state index contributed by atoms with van der Waals surface area (Å²) in [6, 6.07) is 13.2. The zero-order valence-corrected chi connectivity index (χ0v) is 10.4. The van der Waals surface area contributed by atoms with E-state index >= 15 is 0 Å².